The summed E-state index contributed by atoms with van der Waals surface area (Å²) in [5.74, 6) is -1.71. The Labute approximate surface area is 149 Å². The van der Waals surface area contributed by atoms with Crippen LogP contribution in [0.1, 0.15) is 40.0 Å². The standard InChI is InChI=1S/C18H17N3O5/c22-6-5-10-8-20(9-10)11-1-2-12-13(7-11)18(26)21(17(12)25)14-3-4-15(23)19-16(14)24/h1-2,6-7,10,14H,3-5,8-9H2,(H,19,23,24). The van der Waals surface area contributed by atoms with Crippen molar-refractivity contribution in [3.63, 3.8) is 0 Å². The molecule has 1 aromatic carbocycles. The number of benzene rings is 1. The zero-order chi connectivity index (χ0) is 18.4. The highest BCUT2D eigenvalue weighted by atomic mass is 16.2. The van der Waals surface area contributed by atoms with Crippen molar-refractivity contribution in [1.29, 1.82) is 0 Å². The first-order valence-electron chi connectivity index (χ1n) is 8.54. The summed E-state index contributed by atoms with van der Waals surface area (Å²) in [6.45, 7) is 1.47. The molecule has 26 heavy (non-hydrogen) atoms. The Bertz CT molecular complexity index is 843. The quantitative estimate of drug-likeness (QED) is 0.607. The van der Waals surface area contributed by atoms with Gasteiger partial charge in [-0.2, -0.15) is 0 Å². The van der Waals surface area contributed by atoms with Gasteiger partial charge in [-0.25, -0.2) is 0 Å². The second kappa shape index (κ2) is 6.05. The molecule has 3 aliphatic rings. The normalized spacial score (nSPS) is 23.0. The van der Waals surface area contributed by atoms with E-state index in [1.807, 2.05) is 4.90 Å². The van der Waals surface area contributed by atoms with Gasteiger partial charge in [0, 0.05) is 37.5 Å². The maximum Gasteiger partial charge on any atom is 0.262 e. The van der Waals surface area contributed by atoms with Crippen LogP contribution in [0.3, 0.4) is 0 Å². The summed E-state index contributed by atoms with van der Waals surface area (Å²) in [6.07, 6.45) is 1.66. The van der Waals surface area contributed by atoms with Crippen LogP contribution in [0.25, 0.3) is 0 Å². The van der Waals surface area contributed by atoms with E-state index >= 15 is 0 Å². The van der Waals surface area contributed by atoms with E-state index in [1.54, 1.807) is 18.2 Å². The minimum Gasteiger partial charge on any atom is -0.371 e. The summed E-state index contributed by atoms with van der Waals surface area (Å²) >= 11 is 0. The van der Waals surface area contributed by atoms with Gasteiger partial charge >= 0.3 is 0 Å². The molecule has 8 heteroatoms. The van der Waals surface area contributed by atoms with Crippen molar-refractivity contribution in [2.45, 2.75) is 25.3 Å². The number of nitrogens with zero attached hydrogens (tertiary/aromatic N) is 2. The lowest BCUT2D eigenvalue weighted by Crippen LogP contribution is -2.54. The van der Waals surface area contributed by atoms with E-state index in [-0.39, 0.29) is 24.0 Å². The predicted octanol–water partition coefficient (Wildman–Crippen LogP) is 0.113. The number of rotatable bonds is 4. The molecule has 1 atom stereocenters. The van der Waals surface area contributed by atoms with Crippen LogP contribution in [-0.2, 0) is 14.4 Å². The van der Waals surface area contributed by atoms with Crippen molar-refractivity contribution in [1.82, 2.24) is 10.2 Å². The minimum atomic E-state index is -0.954. The summed E-state index contributed by atoms with van der Waals surface area (Å²) in [5.41, 5.74) is 1.36. The van der Waals surface area contributed by atoms with Gasteiger partial charge in [0.2, 0.25) is 11.8 Å². The first kappa shape index (κ1) is 16.4. The average Bonchev–Trinajstić information content (AvgIpc) is 2.82. The van der Waals surface area contributed by atoms with Gasteiger partial charge < -0.3 is 9.69 Å². The first-order chi connectivity index (χ1) is 12.5. The van der Waals surface area contributed by atoms with Gasteiger partial charge in [0.25, 0.3) is 11.8 Å². The minimum absolute atomic E-state index is 0.0982. The highest BCUT2D eigenvalue weighted by molar-refractivity contribution is 6.23. The largest absolute Gasteiger partial charge is 0.371 e. The highest BCUT2D eigenvalue weighted by Gasteiger charge is 2.44. The monoisotopic (exact) mass is 355 g/mol. The number of carbonyl (C=O) groups excluding carboxylic acids is 5. The van der Waals surface area contributed by atoms with E-state index in [4.69, 9.17) is 0 Å². The molecular formula is C18H17N3O5. The second-order valence-electron chi connectivity index (χ2n) is 6.85. The molecule has 134 valence electrons. The smallest absolute Gasteiger partial charge is 0.262 e. The third kappa shape index (κ3) is 2.49. The van der Waals surface area contributed by atoms with E-state index in [2.05, 4.69) is 5.32 Å². The molecule has 2 fully saturated rings. The summed E-state index contributed by atoms with van der Waals surface area (Å²) in [6, 6.07) is 4.09. The van der Waals surface area contributed by atoms with Crippen LogP contribution >= 0.6 is 0 Å². The van der Waals surface area contributed by atoms with Crippen LogP contribution in [-0.4, -0.2) is 53.9 Å². The van der Waals surface area contributed by atoms with Crippen molar-refractivity contribution < 1.29 is 24.0 Å². The molecule has 1 aromatic rings. The van der Waals surface area contributed by atoms with Crippen LogP contribution in [0.15, 0.2) is 18.2 Å². The Morgan fingerprint density at radius 1 is 1.08 bits per heavy atom. The van der Waals surface area contributed by atoms with Crippen LogP contribution in [0.4, 0.5) is 5.69 Å². The molecule has 0 aromatic heterocycles. The number of aldehydes is 1. The van der Waals surface area contributed by atoms with Crippen LogP contribution in [0.2, 0.25) is 0 Å². The molecule has 2 saturated heterocycles. The number of nitrogens with one attached hydrogen (secondary N) is 1. The number of amides is 4. The Balaban J connectivity index is 1.56. The van der Waals surface area contributed by atoms with Crippen LogP contribution < -0.4 is 10.2 Å². The Morgan fingerprint density at radius 2 is 1.81 bits per heavy atom. The molecule has 0 spiro atoms. The average molecular weight is 355 g/mol. The maximum atomic E-state index is 12.8. The molecule has 3 aliphatic heterocycles. The molecule has 3 heterocycles. The number of hydrogen-bond donors (Lipinski definition) is 1. The molecule has 1 N–H and O–H groups in total. The van der Waals surface area contributed by atoms with Crippen LogP contribution in [0.5, 0.6) is 0 Å². The van der Waals surface area contributed by atoms with Crippen molar-refractivity contribution in [2.24, 2.45) is 5.92 Å². The second-order valence-corrected chi connectivity index (χ2v) is 6.85. The third-order valence-electron chi connectivity index (χ3n) is 5.18. The topological polar surface area (TPSA) is 104 Å². The van der Waals surface area contributed by atoms with Gasteiger partial charge in [-0.15, -0.1) is 0 Å². The number of carbonyl (C=O) groups is 5. The third-order valence-corrected chi connectivity index (χ3v) is 5.18. The fourth-order valence-corrected chi connectivity index (χ4v) is 3.72. The number of anilines is 1. The van der Waals surface area contributed by atoms with Crippen molar-refractivity contribution >= 4 is 35.6 Å². The lowest BCUT2D eigenvalue weighted by molar-refractivity contribution is -0.136. The number of hydrogen-bond acceptors (Lipinski definition) is 6. The van der Waals surface area contributed by atoms with Crippen molar-refractivity contribution in [3.05, 3.63) is 29.3 Å². The summed E-state index contributed by atoms with van der Waals surface area (Å²) in [7, 11) is 0. The lowest BCUT2D eigenvalue weighted by Gasteiger charge is -2.40. The van der Waals surface area contributed by atoms with Gasteiger partial charge in [0.05, 0.1) is 11.1 Å². The van der Waals surface area contributed by atoms with Crippen molar-refractivity contribution in [2.75, 3.05) is 18.0 Å². The number of imide groups is 2. The lowest BCUT2D eigenvalue weighted by atomic mass is 9.95. The summed E-state index contributed by atoms with van der Waals surface area (Å²) < 4.78 is 0. The van der Waals surface area contributed by atoms with E-state index in [1.165, 1.54) is 0 Å². The van der Waals surface area contributed by atoms with E-state index in [0.717, 1.165) is 30.0 Å². The van der Waals surface area contributed by atoms with E-state index in [0.29, 0.717) is 12.3 Å². The fraction of sp³-hybridized carbons (Fsp3) is 0.389. The molecule has 4 rings (SSSR count). The SMILES string of the molecule is O=CCC1CN(c2ccc3c(c2)C(=O)N(C2CCC(=O)NC2=O)C3=O)C1. The Hall–Kier alpha value is -3.03. The van der Waals surface area contributed by atoms with Gasteiger partial charge in [-0.05, 0) is 24.6 Å². The molecule has 4 amide bonds. The van der Waals surface area contributed by atoms with Gasteiger partial charge in [-0.3, -0.25) is 29.4 Å². The van der Waals surface area contributed by atoms with Crippen molar-refractivity contribution in [3.8, 4) is 0 Å². The first-order valence-corrected chi connectivity index (χ1v) is 8.54. The zero-order valence-electron chi connectivity index (χ0n) is 13.9. The van der Waals surface area contributed by atoms with Gasteiger partial charge in [0.1, 0.15) is 12.3 Å². The molecule has 0 radical (unpaired) electrons. The van der Waals surface area contributed by atoms with Crippen LogP contribution in [0, 0.1) is 5.92 Å². The van der Waals surface area contributed by atoms with E-state index in [9.17, 15) is 24.0 Å². The van der Waals surface area contributed by atoms with Gasteiger partial charge in [0.15, 0.2) is 0 Å². The molecule has 1 unspecified atom stereocenters. The molecule has 0 saturated carbocycles. The zero-order valence-corrected chi connectivity index (χ0v) is 13.9. The molecule has 0 bridgehead atoms. The maximum absolute atomic E-state index is 12.8. The number of fused-ring (bicyclic) bond motifs is 1. The Kier molecular flexibility index (Phi) is 3.82. The molecule has 0 aliphatic carbocycles. The summed E-state index contributed by atoms with van der Waals surface area (Å²) in [4.78, 5) is 62.3. The fourth-order valence-electron chi connectivity index (χ4n) is 3.72. The molecule has 8 nitrogen and oxygen atoms in total. The predicted molar refractivity (Wildman–Crippen MR) is 89.5 cm³/mol. The van der Waals surface area contributed by atoms with Gasteiger partial charge in [-0.1, -0.05) is 0 Å². The number of piperidine rings is 1. The highest BCUT2D eigenvalue weighted by Crippen LogP contribution is 2.33. The summed E-state index contributed by atoms with van der Waals surface area (Å²) in [5, 5.41) is 2.18. The Morgan fingerprint density at radius 3 is 2.50 bits per heavy atom. The van der Waals surface area contributed by atoms with E-state index < -0.39 is 29.7 Å². The molecular weight excluding hydrogens is 338 g/mol.